The largest absolute Gasteiger partial charge is 0.459 e. The number of rotatable bonds is 10. The van der Waals surface area contributed by atoms with Crippen LogP contribution in [0.5, 0.6) is 0 Å². The van der Waals surface area contributed by atoms with E-state index in [1.165, 1.54) is 20.1 Å². The SMILES string of the molecule is CO[C@]1(C)C[C@@](O)(CCl)[C@H](O)[C@@H](/C=C/C(C)=C/C[C@@H]2O[C@H](C)[C@H](NC(=O)/C=C\[C@H](C)OC(C)=O)C[C@@H]2C)O1. The van der Waals surface area contributed by atoms with Gasteiger partial charge in [0.25, 0.3) is 0 Å². The van der Waals surface area contributed by atoms with Gasteiger partial charge in [-0.1, -0.05) is 30.7 Å². The first-order chi connectivity index (χ1) is 17.7. The fraction of sp³-hybridized carbons (Fsp3) is 0.714. The van der Waals surface area contributed by atoms with E-state index in [0.29, 0.717) is 6.42 Å². The smallest absolute Gasteiger partial charge is 0.303 e. The number of carbonyl (C=O) groups is 2. The molecule has 10 heteroatoms. The molecule has 0 aliphatic carbocycles. The average molecular weight is 558 g/mol. The summed E-state index contributed by atoms with van der Waals surface area (Å²) in [7, 11) is 1.49. The molecule has 2 aliphatic rings. The van der Waals surface area contributed by atoms with Gasteiger partial charge in [-0.2, -0.15) is 0 Å². The molecule has 2 aliphatic heterocycles. The summed E-state index contributed by atoms with van der Waals surface area (Å²) < 4.78 is 22.5. The lowest BCUT2D eigenvalue weighted by Gasteiger charge is -2.47. The third-order valence-corrected chi connectivity index (χ3v) is 7.64. The van der Waals surface area contributed by atoms with Gasteiger partial charge in [-0.25, -0.2) is 0 Å². The number of nitrogens with one attached hydrogen (secondary N) is 1. The highest BCUT2D eigenvalue weighted by Crippen LogP contribution is 2.38. The second-order valence-corrected chi connectivity index (χ2v) is 11.0. The summed E-state index contributed by atoms with van der Waals surface area (Å²) in [4.78, 5) is 23.3. The molecule has 0 aromatic rings. The van der Waals surface area contributed by atoms with E-state index >= 15 is 0 Å². The molecule has 9 atom stereocenters. The molecule has 2 heterocycles. The van der Waals surface area contributed by atoms with Crippen LogP contribution in [0.25, 0.3) is 0 Å². The van der Waals surface area contributed by atoms with Crippen LogP contribution in [0.3, 0.4) is 0 Å². The van der Waals surface area contributed by atoms with Crippen LogP contribution in [-0.4, -0.2) is 83.0 Å². The topological polar surface area (TPSA) is 124 Å². The Morgan fingerprint density at radius 1 is 1.26 bits per heavy atom. The van der Waals surface area contributed by atoms with Crippen LogP contribution >= 0.6 is 11.6 Å². The minimum absolute atomic E-state index is 0.0179. The summed E-state index contributed by atoms with van der Waals surface area (Å²) in [5.74, 6) is -1.66. The minimum Gasteiger partial charge on any atom is -0.459 e. The molecular weight excluding hydrogens is 514 g/mol. The van der Waals surface area contributed by atoms with Gasteiger partial charge in [0.05, 0.1) is 24.1 Å². The van der Waals surface area contributed by atoms with Gasteiger partial charge in [0.2, 0.25) is 5.91 Å². The quantitative estimate of drug-likeness (QED) is 0.162. The molecule has 38 heavy (non-hydrogen) atoms. The highest BCUT2D eigenvalue weighted by atomic mass is 35.5. The van der Waals surface area contributed by atoms with E-state index in [-0.39, 0.29) is 42.4 Å². The van der Waals surface area contributed by atoms with Crippen LogP contribution in [0.15, 0.2) is 36.0 Å². The summed E-state index contributed by atoms with van der Waals surface area (Å²) in [6.07, 6.45) is 7.38. The molecule has 1 amide bonds. The average Bonchev–Trinajstić information content (AvgIpc) is 2.85. The standard InChI is InChI=1S/C28H44ClNO8/c1-17(9-12-24-26(33)28(34,16-29)15-27(6,35-7)38-24)8-11-23-18(2)14-22(20(4)37-23)30-25(32)13-10-19(3)36-21(5)31/h8-10,12-13,18-20,22-24,26,33-34H,11,14-16H2,1-7H3,(H,30,32)/b12-9+,13-10-,17-8+/t18-,19-,20+,22+,23-,24+,26+,27-,28+/m0/s1. The Kier molecular flexibility index (Phi) is 12.0. The van der Waals surface area contributed by atoms with E-state index in [0.717, 1.165) is 12.0 Å². The Balaban J connectivity index is 1.93. The van der Waals surface area contributed by atoms with Crippen molar-refractivity contribution < 1.29 is 38.7 Å². The molecule has 3 N–H and O–H groups in total. The normalized spacial score (nSPS) is 37.4. The van der Waals surface area contributed by atoms with Crippen molar-refractivity contribution in [1.29, 1.82) is 0 Å². The van der Waals surface area contributed by atoms with Crippen LogP contribution in [0, 0.1) is 5.92 Å². The van der Waals surface area contributed by atoms with Crippen molar-refractivity contribution in [2.45, 2.75) is 109 Å². The number of carbonyl (C=O) groups excluding carboxylic acids is 2. The monoisotopic (exact) mass is 557 g/mol. The number of hydrogen-bond donors (Lipinski definition) is 3. The zero-order valence-corrected chi connectivity index (χ0v) is 24.2. The molecule has 2 saturated heterocycles. The molecule has 216 valence electrons. The Morgan fingerprint density at radius 3 is 2.55 bits per heavy atom. The van der Waals surface area contributed by atoms with Crippen molar-refractivity contribution in [3.63, 3.8) is 0 Å². The number of methoxy groups -OCH3 is 1. The van der Waals surface area contributed by atoms with Crippen molar-refractivity contribution in [2.75, 3.05) is 13.0 Å². The molecule has 0 aromatic heterocycles. The summed E-state index contributed by atoms with van der Waals surface area (Å²) in [5, 5.41) is 24.4. The summed E-state index contributed by atoms with van der Waals surface area (Å²) in [6.45, 7) is 10.7. The second-order valence-electron chi connectivity index (χ2n) is 10.7. The Morgan fingerprint density at radius 2 is 1.95 bits per heavy atom. The Labute approximate surface area is 231 Å². The van der Waals surface area contributed by atoms with E-state index < -0.39 is 35.7 Å². The number of alkyl halides is 1. The number of ether oxygens (including phenoxy) is 4. The van der Waals surface area contributed by atoms with E-state index in [4.69, 9.17) is 30.5 Å². The zero-order chi connectivity index (χ0) is 28.7. The van der Waals surface area contributed by atoms with Crippen LogP contribution in [0.1, 0.15) is 60.8 Å². The van der Waals surface area contributed by atoms with Gasteiger partial charge in [0, 0.05) is 26.5 Å². The molecule has 0 aromatic carbocycles. The molecular formula is C28H44ClNO8. The predicted octanol–water partition coefficient (Wildman–Crippen LogP) is 3.17. The fourth-order valence-corrected chi connectivity index (χ4v) is 5.09. The fourth-order valence-electron chi connectivity index (χ4n) is 4.84. The lowest BCUT2D eigenvalue weighted by molar-refractivity contribution is -0.311. The van der Waals surface area contributed by atoms with E-state index in [1.54, 1.807) is 26.0 Å². The van der Waals surface area contributed by atoms with Crippen molar-refractivity contribution in [1.82, 2.24) is 5.32 Å². The second kappa shape index (κ2) is 14.1. The molecule has 0 saturated carbocycles. The van der Waals surface area contributed by atoms with Crippen molar-refractivity contribution in [3.05, 3.63) is 36.0 Å². The van der Waals surface area contributed by atoms with Gasteiger partial charge in [-0.15, -0.1) is 11.6 Å². The number of hydrogen-bond acceptors (Lipinski definition) is 8. The Bertz CT molecular complexity index is 907. The maximum Gasteiger partial charge on any atom is 0.303 e. The van der Waals surface area contributed by atoms with Crippen LogP contribution in [-0.2, 0) is 28.5 Å². The number of aliphatic hydroxyl groups is 2. The van der Waals surface area contributed by atoms with Gasteiger partial charge in [-0.05, 0) is 52.5 Å². The number of halogens is 1. The third-order valence-electron chi connectivity index (χ3n) is 7.17. The molecule has 0 bridgehead atoms. The van der Waals surface area contributed by atoms with E-state index in [9.17, 15) is 19.8 Å². The van der Waals surface area contributed by atoms with Crippen LogP contribution in [0.2, 0.25) is 0 Å². The van der Waals surface area contributed by atoms with E-state index in [1.807, 2.05) is 19.9 Å². The zero-order valence-electron chi connectivity index (χ0n) is 23.5. The molecule has 0 spiro atoms. The molecule has 2 rings (SSSR count). The van der Waals surface area contributed by atoms with Gasteiger partial charge in [0.1, 0.15) is 23.9 Å². The molecule has 0 radical (unpaired) electrons. The molecule has 9 nitrogen and oxygen atoms in total. The third kappa shape index (κ3) is 9.17. The van der Waals surface area contributed by atoms with Gasteiger partial charge >= 0.3 is 5.97 Å². The Hall–Kier alpha value is -1.75. The van der Waals surface area contributed by atoms with Crippen LogP contribution < -0.4 is 5.32 Å². The van der Waals surface area contributed by atoms with Crippen molar-refractivity contribution in [2.24, 2.45) is 5.92 Å². The first-order valence-corrected chi connectivity index (χ1v) is 13.6. The minimum atomic E-state index is -1.53. The number of allylic oxidation sites excluding steroid dienone is 2. The first kappa shape index (κ1) is 32.5. The summed E-state index contributed by atoms with van der Waals surface area (Å²) >= 11 is 5.96. The summed E-state index contributed by atoms with van der Waals surface area (Å²) in [6, 6.07) is -0.131. The van der Waals surface area contributed by atoms with Gasteiger partial charge < -0.3 is 34.5 Å². The van der Waals surface area contributed by atoms with Gasteiger partial charge in [0.15, 0.2) is 5.79 Å². The maximum atomic E-state index is 12.3. The van der Waals surface area contributed by atoms with Crippen LogP contribution in [0.4, 0.5) is 0 Å². The lowest BCUT2D eigenvalue weighted by atomic mass is 9.84. The van der Waals surface area contributed by atoms with E-state index in [2.05, 4.69) is 18.3 Å². The number of amides is 1. The number of aliphatic hydroxyl groups excluding tert-OH is 1. The maximum absolute atomic E-state index is 12.3. The van der Waals surface area contributed by atoms with Crippen molar-refractivity contribution >= 4 is 23.5 Å². The number of esters is 1. The highest BCUT2D eigenvalue weighted by molar-refractivity contribution is 6.18. The lowest BCUT2D eigenvalue weighted by Crippen LogP contribution is -2.62. The van der Waals surface area contributed by atoms with Gasteiger partial charge in [-0.3, -0.25) is 9.59 Å². The predicted molar refractivity (Wildman–Crippen MR) is 145 cm³/mol. The summed E-state index contributed by atoms with van der Waals surface area (Å²) in [5.41, 5.74) is -0.577. The highest BCUT2D eigenvalue weighted by Gasteiger charge is 2.52. The molecule has 2 fully saturated rings. The molecule has 0 unspecified atom stereocenters. The van der Waals surface area contributed by atoms with Crippen molar-refractivity contribution in [3.8, 4) is 0 Å². The first-order valence-electron chi connectivity index (χ1n) is 13.1.